The molecule has 0 saturated heterocycles. The average Bonchev–Trinajstić information content (AvgIpc) is 3.29. The Morgan fingerprint density at radius 2 is 2.27 bits per heavy atom. The molecule has 0 aliphatic carbocycles. The number of nitrogens with one attached hydrogen (secondary N) is 1. The van der Waals surface area contributed by atoms with Gasteiger partial charge in [0.05, 0.1) is 25.7 Å². The number of nitrogens with two attached hydrogens (primary N) is 1. The van der Waals surface area contributed by atoms with Crippen molar-refractivity contribution in [2.75, 3.05) is 24.4 Å². The first-order valence-electron chi connectivity index (χ1n) is 8.10. The third-order valence-electron chi connectivity index (χ3n) is 3.33. The fourth-order valence-electron chi connectivity index (χ4n) is 2.17. The monoisotopic (exact) mass is 372 g/mol. The molecule has 0 fully saturated rings. The van der Waals surface area contributed by atoms with E-state index in [1.165, 1.54) is 11.3 Å². The molecule has 26 heavy (non-hydrogen) atoms. The van der Waals surface area contributed by atoms with E-state index >= 15 is 0 Å². The highest BCUT2D eigenvalue weighted by molar-refractivity contribution is 7.14. The van der Waals surface area contributed by atoms with E-state index in [-0.39, 0.29) is 0 Å². The zero-order valence-corrected chi connectivity index (χ0v) is 15.1. The van der Waals surface area contributed by atoms with Crippen molar-refractivity contribution in [3.05, 3.63) is 47.9 Å². The molecule has 0 unspecified atom stereocenters. The lowest BCUT2D eigenvalue weighted by atomic mass is 10.2. The van der Waals surface area contributed by atoms with Gasteiger partial charge < -0.3 is 19.8 Å². The first-order valence-corrected chi connectivity index (χ1v) is 8.98. The van der Waals surface area contributed by atoms with Crippen molar-refractivity contribution in [1.29, 1.82) is 0 Å². The summed E-state index contributed by atoms with van der Waals surface area (Å²) in [6.45, 7) is 3.73. The summed E-state index contributed by atoms with van der Waals surface area (Å²) in [6, 6.07) is 5.68. The van der Waals surface area contributed by atoms with E-state index < -0.39 is 0 Å². The van der Waals surface area contributed by atoms with Crippen molar-refractivity contribution in [3.63, 3.8) is 0 Å². The van der Waals surface area contributed by atoms with Crippen LogP contribution in [-0.2, 0) is 6.54 Å². The molecule has 0 atom stereocenters. The largest absolute Gasteiger partial charge is 0.490 e. The minimum absolute atomic E-state index is 0.475. The van der Waals surface area contributed by atoms with Crippen molar-refractivity contribution in [3.8, 4) is 11.5 Å². The van der Waals surface area contributed by atoms with Gasteiger partial charge in [-0.3, -0.25) is 5.43 Å². The van der Waals surface area contributed by atoms with Gasteiger partial charge in [-0.2, -0.15) is 5.10 Å². The Labute approximate surface area is 155 Å². The molecule has 0 aliphatic rings. The van der Waals surface area contributed by atoms with E-state index in [9.17, 15) is 0 Å². The first kappa shape index (κ1) is 17.7. The third kappa shape index (κ3) is 4.96. The maximum Gasteiger partial charge on any atom is 0.205 e. The molecule has 136 valence electrons. The summed E-state index contributed by atoms with van der Waals surface area (Å²) < 4.78 is 13.5. The molecular weight excluding hydrogens is 352 g/mol. The Hall–Kier alpha value is -3.07. The van der Waals surface area contributed by atoms with Crippen molar-refractivity contribution < 1.29 is 9.47 Å². The lowest BCUT2D eigenvalue weighted by molar-refractivity contribution is 0.266. The van der Waals surface area contributed by atoms with E-state index in [1.54, 1.807) is 24.1 Å². The Balaban J connectivity index is 1.61. The Morgan fingerprint density at radius 1 is 1.35 bits per heavy atom. The molecule has 0 amide bonds. The molecule has 2 aromatic heterocycles. The van der Waals surface area contributed by atoms with Gasteiger partial charge in [-0.15, -0.1) is 11.3 Å². The Bertz CT molecular complexity index is 847. The summed E-state index contributed by atoms with van der Waals surface area (Å²) in [4.78, 5) is 8.09. The van der Waals surface area contributed by atoms with Crippen LogP contribution in [0.25, 0.3) is 0 Å². The zero-order valence-electron chi connectivity index (χ0n) is 14.3. The van der Waals surface area contributed by atoms with Crippen molar-refractivity contribution >= 4 is 28.5 Å². The minimum atomic E-state index is 0.475. The highest BCUT2D eigenvalue weighted by atomic mass is 32.1. The Morgan fingerprint density at radius 3 is 3.00 bits per heavy atom. The number of hydrogen-bond acceptors (Lipinski definition) is 8. The predicted molar refractivity (Wildman–Crippen MR) is 103 cm³/mol. The van der Waals surface area contributed by atoms with Crippen LogP contribution in [0.4, 0.5) is 10.9 Å². The average molecular weight is 372 g/mol. The van der Waals surface area contributed by atoms with Gasteiger partial charge in [0.2, 0.25) is 5.13 Å². The van der Waals surface area contributed by atoms with Gasteiger partial charge in [-0.1, -0.05) is 0 Å². The van der Waals surface area contributed by atoms with Crippen LogP contribution >= 0.6 is 11.3 Å². The van der Waals surface area contributed by atoms with E-state index in [0.717, 1.165) is 12.1 Å². The Kier molecular flexibility index (Phi) is 6.05. The number of hydrazone groups is 1. The highest BCUT2D eigenvalue weighted by Crippen LogP contribution is 2.28. The quantitative estimate of drug-likeness (QED) is 0.443. The molecule has 0 radical (unpaired) electrons. The van der Waals surface area contributed by atoms with Gasteiger partial charge in [0.25, 0.3) is 0 Å². The van der Waals surface area contributed by atoms with Crippen LogP contribution in [0.2, 0.25) is 0 Å². The van der Waals surface area contributed by atoms with E-state index in [1.807, 2.05) is 35.9 Å². The molecule has 0 bridgehead atoms. The number of aromatic nitrogens is 3. The van der Waals surface area contributed by atoms with Gasteiger partial charge >= 0.3 is 0 Å². The van der Waals surface area contributed by atoms with Crippen LogP contribution in [0.5, 0.6) is 11.5 Å². The van der Waals surface area contributed by atoms with Crippen LogP contribution in [0, 0.1) is 0 Å². The number of nitrogens with zero attached hydrogens (tertiary/aromatic N) is 4. The summed E-state index contributed by atoms with van der Waals surface area (Å²) in [5.41, 5.74) is 9.30. The molecule has 9 heteroatoms. The topological polar surface area (TPSA) is 99.6 Å². The second-order valence-electron chi connectivity index (χ2n) is 5.24. The summed E-state index contributed by atoms with van der Waals surface area (Å²) in [5, 5.41) is 6.56. The molecule has 3 rings (SSSR count). The smallest absolute Gasteiger partial charge is 0.205 e. The normalized spacial score (nSPS) is 11.0. The van der Waals surface area contributed by atoms with Crippen molar-refractivity contribution in [2.24, 2.45) is 5.10 Å². The molecule has 0 spiro atoms. The van der Waals surface area contributed by atoms with Crippen molar-refractivity contribution in [1.82, 2.24) is 14.5 Å². The second-order valence-corrected chi connectivity index (χ2v) is 6.09. The summed E-state index contributed by atoms with van der Waals surface area (Å²) in [6.07, 6.45) is 7.09. The zero-order chi connectivity index (χ0) is 18.2. The van der Waals surface area contributed by atoms with Gasteiger partial charge in [-0.25, -0.2) is 9.97 Å². The van der Waals surface area contributed by atoms with Crippen LogP contribution in [-0.4, -0.2) is 34.0 Å². The van der Waals surface area contributed by atoms with E-state index in [0.29, 0.717) is 35.7 Å². The van der Waals surface area contributed by atoms with E-state index in [4.69, 9.17) is 15.2 Å². The SMILES string of the molecule is CCOc1cc(C=NNc2nc(N)cs2)ccc1OCCn1ccnc1. The van der Waals surface area contributed by atoms with Gasteiger partial charge in [-0.05, 0) is 30.7 Å². The number of nitrogen functional groups attached to an aromatic ring is 1. The number of thiazole rings is 1. The summed E-state index contributed by atoms with van der Waals surface area (Å²) in [7, 11) is 0. The lowest BCUT2D eigenvalue weighted by Crippen LogP contribution is -2.07. The summed E-state index contributed by atoms with van der Waals surface area (Å²) >= 11 is 1.39. The molecule has 0 saturated carbocycles. The molecule has 8 nitrogen and oxygen atoms in total. The maximum absolute atomic E-state index is 5.84. The van der Waals surface area contributed by atoms with Gasteiger partial charge in [0.1, 0.15) is 12.4 Å². The maximum atomic E-state index is 5.84. The van der Waals surface area contributed by atoms with Crippen LogP contribution < -0.4 is 20.6 Å². The summed E-state index contributed by atoms with van der Waals surface area (Å²) in [5.74, 6) is 1.86. The first-order chi connectivity index (χ1) is 12.7. The molecule has 3 N–H and O–H groups in total. The molecule has 1 aromatic carbocycles. The van der Waals surface area contributed by atoms with Crippen LogP contribution in [0.3, 0.4) is 0 Å². The fourth-order valence-corrected chi connectivity index (χ4v) is 2.72. The van der Waals surface area contributed by atoms with Gasteiger partial charge in [0, 0.05) is 17.8 Å². The third-order valence-corrected chi connectivity index (χ3v) is 4.09. The molecule has 0 aliphatic heterocycles. The number of hydrogen-bond donors (Lipinski definition) is 2. The molecule has 3 aromatic rings. The molecular formula is C17H20N6O2S. The second kappa shape index (κ2) is 8.86. The van der Waals surface area contributed by atoms with Gasteiger partial charge in [0.15, 0.2) is 11.5 Å². The number of benzene rings is 1. The predicted octanol–water partition coefficient (Wildman–Crippen LogP) is 2.85. The van der Waals surface area contributed by atoms with Crippen molar-refractivity contribution in [2.45, 2.75) is 13.5 Å². The lowest BCUT2D eigenvalue weighted by Gasteiger charge is -2.12. The minimum Gasteiger partial charge on any atom is -0.490 e. The fraction of sp³-hybridized carbons (Fsp3) is 0.235. The standard InChI is InChI=1S/C17H20N6O2S/c1-2-24-15-9-13(10-20-22-17-21-16(18)11-26-17)3-4-14(15)25-8-7-23-6-5-19-12-23/h3-6,9-12H,2,7-8,18H2,1H3,(H,21,22). The highest BCUT2D eigenvalue weighted by Gasteiger charge is 2.06. The van der Waals surface area contributed by atoms with E-state index in [2.05, 4.69) is 20.5 Å². The van der Waals surface area contributed by atoms with Crippen LogP contribution in [0.1, 0.15) is 12.5 Å². The number of ether oxygens (including phenoxy) is 2. The number of rotatable bonds is 9. The van der Waals surface area contributed by atoms with Crippen LogP contribution in [0.15, 0.2) is 47.4 Å². The number of anilines is 2. The number of imidazole rings is 1. The molecule has 2 heterocycles.